The highest BCUT2D eigenvalue weighted by molar-refractivity contribution is 5.90. The Morgan fingerprint density at radius 2 is 1.70 bits per heavy atom. The number of rotatable bonds is 10. The van der Waals surface area contributed by atoms with Gasteiger partial charge in [0.15, 0.2) is 11.5 Å². The average molecular weight is 547 g/mol. The van der Waals surface area contributed by atoms with E-state index >= 15 is 0 Å². The molecule has 0 fully saturated rings. The number of pyridine rings is 1. The van der Waals surface area contributed by atoms with E-state index in [0.717, 1.165) is 5.56 Å². The van der Waals surface area contributed by atoms with E-state index in [1.807, 2.05) is 51.1 Å². The number of ether oxygens (including phenoxy) is 3. The van der Waals surface area contributed by atoms with Gasteiger partial charge in [-0.1, -0.05) is 23.4 Å². The van der Waals surface area contributed by atoms with E-state index in [9.17, 15) is 9.59 Å². The Morgan fingerprint density at radius 3 is 2.30 bits per heavy atom. The Morgan fingerprint density at radius 1 is 1.00 bits per heavy atom. The lowest BCUT2D eigenvalue weighted by molar-refractivity contribution is -0.142. The summed E-state index contributed by atoms with van der Waals surface area (Å²) in [6.45, 7) is 5.62. The number of carbonyl (C=O) groups is 2. The van der Waals surface area contributed by atoms with Crippen LogP contribution >= 0.6 is 0 Å². The summed E-state index contributed by atoms with van der Waals surface area (Å²) >= 11 is 0. The summed E-state index contributed by atoms with van der Waals surface area (Å²) in [5.74, 6) is 0.385. The van der Waals surface area contributed by atoms with Crippen LogP contribution in [0.4, 0.5) is 0 Å². The van der Waals surface area contributed by atoms with Gasteiger partial charge in [0.05, 0.1) is 26.8 Å². The Bertz CT molecular complexity index is 1460. The monoisotopic (exact) mass is 546 g/mol. The number of hydrogen-bond acceptors (Lipinski definition) is 8. The number of benzene rings is 2. The van der Waals surface area contributed by atoms with E-state index < -0.39 is 11.6 Å². The van der Waals surface area contributed by atoms with Crippen molar-refractivity contribution >= 4 is 22.8 Å². The Hall–Kier alpha value is -4.67. The molecule has 11 heteroatoms. The minimum Gasteiger partial charge on any atom is -0.493 e. The summed E-state index contributed by atoms with van der Waals surface area (Å²) in [7, 11) is 4.50. The van der Waals surface area contributed by atoms with Gasteiger partial charge in [-0.2, -0.15) is 0 Å². The van der Waals surface area contributed by atoms with Crippen molar-refractivity contribution in [2.75, 3.05) is 21.3 Å². The van der Waals surface area contributed by atoms with Crippen molar-refractivity contribution in [3.05, 3.63) is 72.1 Å². The largest absolute Gasteiger partial charge is 0.493 e. The van der Waals surface area contributed by atoms with Gasteiger partial charge in [-0.3, -0.25) is 14.6 Å². The molecule has 4 rings (SSSR count). The molecule has 210 valence electrons. The first-order valence-electron chi connectivity index (χ1n) is 12.7. The van der Waals surface area contributed by atoms with Crippen molar-refractivity contribution in [1.29, 1.82) is 0 Å². The third-order valence-electron chi connectivity index (χ3n) is 6.16. The smallest absolute Gasteiger partial charge is 0.247 e. The van der Waals surface area contributed by atoms with Crippen LogP contribution in [0.15, 0.2) is 60.9 Å². The van der Waals surface area contributed by atoms with E-state index in [-0.39, 0.29) is 24.9 Å². The standard InChI is InChI=1S/C29H34N6O5/c1-29(2,3)31-28(37)26(20-14-23(38-4)27(40-6)24(15-20)39-5)34(17-19-10-9-13-30-16-19)25(36)18-35-22-12-8-7-11-21(22)32-33-35/h7-16,26H,17-18H2,1-6H3,(H,31,37)/t26-/m0/s1. The molecule has 40 heavy (non-hydrogen) atoms. The lowest BCUT2D eigenvalue weighted by Crippen LogP contribution is -2.49. The maximum atomic E-state index is 14.1. The quantitative estimate of drug-likeness (QED) is 0.321. The van der Waals surface area contributed by atoms with Gasteiger partial charge in [0, 0.05) is 24.5 Å². The molecule has 2 aromatic heterocycles. The van der Waals surface area contributed by atoms with E-state index in [2.05, 4.69) is 20.6 Å². The highest BCUT2D eigenvalue weighted by atomic mass is 16.5. The predicted octanol–water partition coefficient (Wildman–Crippen LogP) is 3.54. The SMILES string of the molecule is COc1cc([C@@H](C(=O)NC(C)(C)C)N(Cc2cccnc2)C(=O)Cn2nnc3ccccc32)cc(OC)c1OC. The lowest BCUT2D eigenvalue weighted by atomic mass is 9.99. The molecule has 0 saturated heterocycles. The Labute approximate surface area is 233 Å². The second kappa shape index (κ2) is 12.0. The van der Waals surface area contributed by atoms with Crippen LogP contribution in [0.25, 0.3) is 11.0 Å². The number of carbonyl (C=O) groups excluding carboxylic acids is 2. The fourth-order valence-electron chi connectivity index (χ4n) is 4.43. The first kappa shape index (κ1) is 28.3. The van der Waals surface area contributed by atoms with Crippen LogP contribution in [0.5, 0.6) is 17.2 Å². The van der Waals surface area contributed by atoms with Crippen LogP contribution in [0.3, 0.4) is 0 Å². The summed E-state index contributed by atoms with van der Waals surface area (Å²) in [6.07, 6.45) is 3.32. The fourth-order valence-corrected chi connectivity index (χ4v) is 4.43. The molecule has 11 nitrogen and oxygen atoms in total. The van der Waals surface area contributed by atoms with E-state index in [1.165, 1.54) is 30.9 Å². The van der Waals surface area contributed by atoms with Gasteiger partial charge in [-0.05, 0) is 62.2 Å². The van der Waals surface area contributed by atoms with Crippen LogP contribution in [-0.4, -0.2) is 63.6 Å². The molecule has 4 aromatic rings. The zero-order chi connectivity index (χ0) is 28.9. The second-order valence-electron chi connectivity index (χ2n) is 10.2. The summed E-state index contributed by atoms with van der Waals surface area (Å²) in [6, 6.07) is 13.3. The maximum Gasteiger partial charge on any atom is 0.247 e. The molecule has 0 spiro atoms. The van der Waals surface area contributed by atoms with Gasteiger partial charge >= 0.3 is 0 Å². The van der Waals surface area contributed by atoms with Crippen LogP contribution < -0.4 is 19.5 Å². The highest BCUT2D eigenvalue weighted by Gasteiger charge is 2.35. The van der Waals surface area contributed by atoms with Crippen molar-refractivity contribution in [2.45, 2.75) is 45.4 Å². The Balaban J connectivity index is 1.85. The number of hydrogen-bond donors (Lipinski definition) is 1. The minimum absolute atomic E-state index is 0.109. The van der Waals surface area contributed by atoms with Crippen LogP contribution in [-0.2, 0) is 22.7 Å². The van der Waals surface area contributed by atoms with Gasteiger partial charge < -0.3 is 24.4 Å². The summed E-state index contributed by atoms with van der Waals surface area (Å²) in [5, 5.41) is 11.4. The van der Waals surface area contributed by atoms with Crippen molar-refractivity contribution in [3.63, 3.8) is 0 Å². The molecular formula is C29H34N6O5. The summed E-state index contributed by atoms with van der Waals surface area (Å²) in [5.41, 5.74) is 2.04. The molecule has 0 bridgehead atoms. The molecule has 2 amide bonds. The normalized spacial score (nSPS) is 12.1. The predicted molar refractivity (Wildman–Crippen MR) is 149 cm³/mol. The highest BCUT2D eigenvalue weighted by Crippen LogP contribution is 2.41. The topological polar surface area (TPSA) is 121 Å². The molecule has 0 aliphatic rings. The Kier molecular flexibility index (Phi) is 8.52. The molecular weight excluding hydrogens is 512 g/mol. The molecule has 0 radical (unpaired) electrons. The van der Waals surface area contributed by atoms with Crippen LogP contribution in [0.1, 0.15) is 37.9 Å². The zero-order valence-corrected chi connectivity index (χ0v) is 23.5. The van der Waals surface area contributed by atoms with Crippen molar-refractivity contribution in [2.24, 2.45) is 0 Å². The number of para-hydroxylation sites is 1. The van der Waals surface area contributed by atoms with Gasteiger partial charge in [-0.15, -0.1) is 5.10 Å². The van der Waals surface area contributed by atoms with Crippen molar-refractivity contribution < 1.29 is 23.8 Å². The first-order chi connectivity index (χ1) is 19.1. The van der Waals surface area contributed by atoms with Gasteiger partial charge in [0.2, 0.25) is 17.6 Å². The maximum absolute atomic E-state index is 14.1. The van der Waals surface area contributed by atoms with Gasteiger partial charge in [0.25, 0.3) is 0 Å². The van der Waals surface area contributed by atoms with Crippen LogP contribution in [0.2, 0.25) is 0 Å². The number of nitrogens with one attached hydrogen (secondary N) is 1. The first-order valence-corrected chi connectivity index (χ1v) is 12.7. The molecule has 1 atom stereocenters. The third-order valence-corrected chi connectivity index (χ3v) is 6.16. The average Bonchev–Trinajstić information content (AvgIpc) is 3.34. The third kappa shape index (κ3) is 6.31. The second-order valence-corrected chi connectivity index (χ2v) is 10.2. The molecule has 0 aliphatic heterocycles. The molecule has 0 unspecified atom stereocenters. The number of nitrogens with zero attached hydrogens (tertiary/aromatic N) is 5. The van der Waals surface area contributed by atoms with E-state index in [0.29, 0.717) is 33.8 Å². The zero-order valence-electron chi connectivity index (χ0n) is 23.5. The number of aromatic nitrogens is 4. The van der Waals surface area contributed by atoms with E-state index in [1.54, 1.807) is 30.6 Å². The molecule has 2 aromatic carbocycles. The number of amides is 2. The minimum atomic E-state index is -1.06. The summed E-state index contributed by atoms with van der Waals surface area (Å²) < 4.78 is 18.2. The van der Waals surface area contributed by atoms with E-state index in [4.69, 9.17) is 14.2 Å². The van der Waals surface area contributed by atoms with Crippen molar-refractivity contribution in [1.82, 2.24) is 30.2 Å². The van der Waals surface area contributed by atoms with Crippen molar-refractivity contribution in [3.8, 4) is 17.2 Å². The summed E-state index contributed by atoms with van der Waals surface area (Å²) in [4.78, 5) is 33.8. The van der Waals surface area contributed by atoms with Gasteiger partial charge in [0.1, 0.15) is 18.1 Å². The number of methoxy groups -OCH3 is 3. The molecule has 0 aliphatic carbocycles. The molecule has 2 heterocycles. The molecule has 1 N–H and O–H groups in total. The fraction of sp³-hybridized carbons (Fsp3) is 0.345. The van der Waals surface area contributed by atoms with Crippen LogP contribution in [0, 0.1) is 0 Å². The lowest BCUT2D eigenvalue weighted by Gasteiger charge is -2.34. The number of fused-ring (bicyclic) bond motifs is 1. The van der Waals surface area contributed by atoms with Gasteiger partial charge in [-0.25, -0.2) is 4.68 Å². The molecule has 0 saturated carbocycles.